The third kappa shape index (κ3) is 6.76. The summed E-state index contributed by atoms with van der Waals surface area (Å²) in [5.41, 5.74) is 9.40. The van der Waals surface area contributed by atoms with Crippen LogP contribution in [0, 0.1) is 11.3 Å². The topological polar surface area (TPSA) is 101 Å². The Morgan fingerprint density at radius 2 is 1.03 bits per heavy atom. The fourth-order valence-electron chi connectivity index (χ4n) is 7.01. The zero-order chi connectivity index (χ0) is 38.8. The zero-order valence-corrected chi connectivity index (χ0v) is 31.6. The monoisotopic (exact) mass is 762 g/mol. The molecule has 0 amide bonds. The molecule has 7 nitrogen and oxygen atoms in total. The quantitative estimate of drug-likeness (QED) is 0.151. The predicted molar refractivity (Wildman–Crippen MR) is 231 cm³/mol. The number of benzene rings is 7. The highest BCUT2D eigenvalue weighted by atomic mass is 32.2. The van der Waals surface area contributed by atoms with Crippen LogP contribution in [-0.4, -0.2) is 24.9 Å². The van der Waals surface area contributed by atoms with Gasteiger partial charge in [0.25, 0.3) is 0 Å². The summed E-state index contributed by atoms with van der Waals surface area (Å²) >= 11 is 1.65. The summed E-state index contributed by atoms with van der Waals surface area (Å²) in [6.07, 6.45) is 1.91. The second-order valence-corrected chi connectivity index (χ2v) is 14.7. The lowest BCUT2D eigenvalue weighted by molar-refractivity contribution is 0.669. The Morgan fingerprint density at radius 1 is 0.466 bits per heavy atom. The van der Waals surface area contributed by atoms with Crippen molar-refractivity contribution in [1.82, 2.24) is 24.9 Å². The molecule has 3 heterocycles. The van der Waals surface area contributed by atoms with Crippen molar-refractivity contribution in [2.75, 3.05) is 0 Å². The number of furan rings is 1. The Hall–Kier alpha value is -7.73. The Kier molecular flexibility index (Phi) is 9.03. The number of hydrogen-bond donors (Lipinski definition) is 0. The SMILES string of the molecule is N#Cc1ccc(-c2ccc(-c3nc(-c4ccccc4)nc(-c4ccc5oc6c(-c7ncc(Sc8ccccc8)c(-c8ccccc8)n7)cccc6c5c4)n3)cc2)cc1. The molecule has 0 aliphatic rings. The lowest BCUT2D eigenvalue weighted by Gasteiger charge is -2.11. The Balaban J connectivity index is 1.05. The van der Waals surface area contributed by atoms with E-state index >= 15 is 0 Å². The largest absolute Gasteiger partial charge is 0.455 e. The van der Waals surface area contributed by atoms with E-state index in [1.165, 1.54) is 0 Å². The second kappa shape index (κ2) is 15.1. The molecule has 0 saturated carbocycles. The molecule has 58 heavy (non-hydrogen) atoms. The Labute approximate surface area is 338 Å². The van der Waals surface area contributed by atoms with Crippen LogP contribution in [0.4, 0.5) is 0 Å². The predicted octanol–water partition coefficient (Wildman–Crippen LogP) is 12.6. The third-order valence-electron chi connectivity index (χ3n) is 9.93. The van der Waals surface area contributed by atoms with Crippen molar-refractivity contribution in [3.05, 3.63) is 188 Å². The molecule has 272 valence electrons. The van der Waals surface area contributed by atoms with Crippen LogP contribution in [0.5, 0.6) is 0 Å². The smallest absolute Gasteiger partial charge is 0.164 e. The van der Waals surface area contributed by atoms with Crippen molar-refractivity contribution in [2.24, 2.45) is 0 Å². The van der Waals surface area contributed by atoms with Gasteiger partial charge in [-0.1, -0.05) is 139 Å². The molecular weight excluding hydrogens is 733 g/mol. The Bertz CT molecular complexity index is 3130. The number of nitriles is 1. The van der Waals surface area contributed by atoms with E-state index in [1.54, 1.807) is 11.8 Å². The van der Waals surface area contributed by atoms with Crippen molar-refractivity contribution in [3.8, 4) is 74.0 Å². The van der Waals surface area contributed by atoms with Gasteiger partial charge in [0.1, 0.15) is 11.2 Å². The van der Waals surface area contributed by atoms with E-state index in [-0.39, 0.29) is 0 Å². The van der Waals surface area contributed by atoms with E-state index in [1.807, 2.05) is 146 Å². The van der Waals surface area contributed by atoms with Crippen LogP contribution in [-0.2, 0) is 0 Å². The molecule has 0 aliphatic heterocycles. The van der Waals surface area contributed by atoms with E-state index < -0.39 is 0 Å². The first-order valence-corrected chi connectivity index (χ1v) is 19.5. The van der Waals surface area contributed by atoms with Crippen LogP contribution in [0.2, 0.25) is 0 Å². The number of aromatic nitrogens is 5. The number of nitrogens with zero attached hydrogens (tertiary/aromatic N) is 6. The van der Waals surface area contributed by atoms with Crippen LogP contribution >= 0.6 is 11.8 Å². The standard InChI is InChI=1S/C50H30N6OS/c51-30-32-19-21-33(22-20-32)34-23-25-37(26-24-34)48-54-47(36-13-6-2-7-14-36)55-49(56-48)38-27-28-43-42(29-38)40-17-10-18-41(46(40)57-43)50-52-31-44(58-39-15-8-3-9-16-39)45(53-50)35-11-4-1-5-12-35/h1-29,31H. The van der Waals surface area contributed by atoms with Gasteiger partial charge in [0.05, 0.1) is 27.8 Å². The summed E-state index contributed by atoms with van der Waals surface area (Å²) < 4.78 is 6.59. The fourth-order valence-corrected chi connectivity index (χ4v) is 7.92. The normalized spacial score (nSPS) is 11.2. The van der Waals surface area contributed by atoms with Gasteiger partial charge in [-0.2, -0.15) is 5.26 Å². The van der Waals surface area contributed by atoms with Gasteiger partial charge >= 0.3 is 0 Å². The molecule has 0 fully saturated rings. The summed E-state index contributed by atoms with van der Waals surface area (Å²) in [7, 11) is 0. The van der Waals surface area contributed by atoms with Crippen LogP contribution in [0.15, 0.2) is 196 Å². The summed E-state index contributed by atoms with van der Waals surface area (Å²) in [5, 5.41) is 11.1. The highest BCUT2D eigenvalue weighted by Crippen LogP contribution is 2.40. The molecule has 10 rings (SSSR count). The van der Waals surface area contributed by atoms with E-state index in [9.17, 15) is 5.26 Å². The maximum atomic E-state index is 9.22. The van der Waals surface area contributed by atoms with E-state index in [0.717, 1.165) is 70.8 Å². The van der Waals surface area contributed by atoms with Gasteiger partial charge < -0.3 is 4.42 Å². The molecule has 0 bridgehead atoms. The first-order valence-electron chi connectivity index (χ1n) is 18.7. The van der Waals surface area contributed by atoms with Crippen molar-refractivity contribution < 1.29 is 4.42 Å². The Morgan fingerprint density at radius 3 is 1.71 bits per heavy atom. The highest BCUT2D eigenvalue weighted by Gasteiger charge is 2.19. The van der Waals surface area contributed by atoms with E-state index in [4.69, 9.17) is 29.3 Å². The highest BCUT2D eigenvalue weighted by molar-refractivity contribution is 7.99. The van der Waals surface area contributed by atoms with Gasteiger partial charge in [-0.3, -0.25) is 0 Å². The fraction of sp³-hybridized carbons (Fsp3) is 0. The summed E-state index contributed by atoms with van der Waals surface area (Å²) in [6.45, 7) is 0. The average molecular weight is 763 g/mol. The molecule has 10 aromatic rings. The molecule has 0 aliphatic carbocycles. The lowest BCUT2D eigenvalue weighted by Crippen LogP contribution is -2.00. The minimum atomic E-state index is 0.551. The molecule has 0 unspecified atom stereocenters. The van der Waals surface area contributed by atoms with Gasteiger partial charge in [-0.25, -0.2) is 24.9 Å². The average Bonchev–Trinajstić information content (AvgIpc) is 3.68. The maximum absolute atomic E-state index is 9.22. The van der Waals surface area contributed by atoms with Gasteiger partial charge in [0.15, 0.2) is 23.3 Å². The first-order chi connectivity index (χ1) is 28.7. The summed E-state index contributed by atoms with van der Waals surface area (Å²) in [4.78, 5) is 27.1. The van der Waals surface area contributed by atoms with Gasteiger partial charge in [-0.15, -0.1) is 0 Å². The first kappa shape index (κ1) is 34.7. The number of para-hydroxylation sites is 1. The van der Waals surface area contributed by atoms with Gasteiger partial charge in [0.2, 0.25) is 0 Å². The van der Waals surface area contributed by atoms with Gasteiger partial charge in [-0.05, 0) is 59.7 Å². The van der Waals surface area contributed by atoms with E-state index in [0.29, 0.717) is 34.4 Å². The molecule has 3 aromatic heterocycles. The van der Waals surface area contributed by atoms with Crippen molar-refractivity contribution >= 4 is 33.7 Å². The van der Waals surface area contributed by atoms with Crippen LogP contribution in [0.25, 0.3) is 89.9 Å². The minimum Gasteiger partial charge on any atom is -0.455 e. The molecule has 0 spiro atoms. The van der Waals surface area contributed by atoms with Crippen molar-refractivity contribution in [1.29, 1.82) is 5.26 Å². The molecular formula is C50H30N6OS. The third-order valence-corrected chi connectivity index (χ3v) is 11.0. The molecule has 0 saturated heterocycles. The number of fused-ring (bicyclic) bond motifs is 3. The van der Waals surface area contributed by atoms with Crippen molar-refractivity contribution in [3.63, 3.8) is 0 Å². The maximum Gasteiger partial charge on any atom is 0.164 e. The summed E-state index contributed by atoms with van der Waals surface area (Å²) in [5.74, 6) is 2.28. The van der Waals surface area contributed by atoms with E-state index in [2.05, 4.69) is 42.5 Å². The lowest BCUT2D eigenvalue weighted by atomic mass is 10.0. The summed E-state index contributed by atoms with van der Waals surface area (Å²) in [6, 6.07) is 60.5. The number of hydrogen-bond acceptors (Lipinski definition) is 8. The second-order valence-electron chi connectivity index (χ2n) is 13.6. The molecule has 0 N–H and O–H groups in total. The van der Waals surface area contributed by atoms with Gasteiger partial charge in [0, 0.05) is 44.1 Å². The molecule has 8 heteroatoms. The van der Waals surface area contributed by atoms with Crippen molar-refractivity contribution in [2.45, 2.75) is 9.79 Å². The molecule has 7 aromatic carbocycles. The molecule has 0 atom stereocenters. The van der Waals surface area contributed by atoms with Crippen LogP contribution < -0.4 is 0 Å². The van der Waals surface area contributed by atoms with Crippen LogP contribution in [0.3, 0.4) is 0 Å². The zero-order valence-electron chi connectivity index (χ0n) is 30.8. The minimum absolute atomic E-state index is 0.551. The molecule has 0 radical (unpaired) electrons. The number of rotatable bonds is 8. The van der Waals surface area contributed by atoms with Crippen LogP contribution in [0.1, 0.15) is 5.56 Å².